The highest BCUT2D eigenvalue weighted by molar-refractivity contribution is 8.00. The van der Waals surface area contributed by atoms with Crippen molar-refractivity contribution in [2.75, 3.05) is 5.75 Å². The first kappa shape index (κ1) is 20.7. The Morgan fingerprint density at radius 3 is 2.80 bits per heavy atom. The smallest absolute Gasteiger partial charge is 0.315 e. The molecular formula is C22H27N5O2S. The summed E-state index contributed by atoms with van der Waals surface area (Å²) in [6, 6.07) is 8.29. The molecule has 0 bridgehead atoms. The van der Waals surface area contributed by atoms with Gasteiger partial charge in [-0.05, 0) is 55.2 Å². The zero-order valence-electron chi connectivity index (χ0n) is 17.1. The number of aromatic nitrogens is 2. The van der Waals surface area contributed by atoms with Crippen LogP contribution in [0.25, 0.3) is 11.4 Å². The fraction of sp³-hybridized carbons (Fsp3) is 0.455. The maximum atomic E-state index is 12.2. The van der Waals surface area contributed by atoms with E-state index in [0.29, 0.717) is 18.2 Å². The summed E-state index contributed by atoms with van der Waals surface area (Å²) in [5, 5.41) is 9.42. The van der Waals surface area contributed by atoms with Crippen molar-refractivity contribution in [2.24, 2.45) is 0 Å². The van der Waals surface area contributed by atoms with E-state index in [0.717, 1.165) is 47.5 Å². The number of nitrogens with one attached hydrogen (secondary N) is 3. The molecule has 2 aromatic rings. The van der Waals surface area contributed by atoms with Crippen LogP contribution in [0.15, 0.2) is 36.7 Å². The molecule has 3 atom stereocenters. The third-order valence-corrected chi connectivity index (χ3v) is 7.08. The first-order chi connectivity index (χ1) is 14.6. The van der Waals surface area contributed by atoms with Crippen LogP contribution < -0.4 is 16.0 Å². The molecule has 158 valence electrons. The molecule has 0 aliphatic carbocycles. The number of unbranched alkanes of at least 4 members (excludes halogenated alkanes) is 1. The van der Waals surface area contributed by atoms with Crippen LogP contribution in [0, 0.1) is 6.92 Å². The number of amides is 3. The van der Waals surface area contributed by atoms with Crippen molar-refractivity contribution in [3.63, 3.8) is 0 Å². The number of aryl methyl sites for hydroxylation is 1. The number of carbonyl (C=O) groups is 2. The molecule has 30 heavy (non-hydrogen) atoms. The summed E-state index contributed by atoms with van der Waals surface area (Å²) in [7, 11) is 0. The van der Waals surface area contributed by atoms with E-state index in [4.69, 9.17) is 0 Å². The van der Waals surface area contributed by atoms with Gasteiger partial charge in [0.05, 0.1) is 23.5 Å². The first-order valence-corrected chi connectivity index (χ1v) is 11.5. The Morgan fingerprint density at radius 2 is 1.97 bits per heavy atom. The predicted octanol–water partition coefficient (Wildman–Crippen LogP) is 2.79. The largest absolute Gasteiger partial charge is 0.352 e. The Balaban J connectivity index is 1.18. The van der Waals surface area contributed by atoms with Gasteiger partial charge in [-0.25, -0.2) is 4.79 Å². The number of thioether (sulfide) groups is 1. The van der Waals surface area contributed by atoms with E-state index in [1.807, 2.05) is 43.0 Å². The van der Waals surface area contributed by atoms with Gasteiger partial charge in [0, 0.05) is 36.4 Å². The minimum absolute atomic E-state index is 0.0490. The predicted molar refractivity (Wildman–Crippen MR) is 118 cm³/mol. The van der Waals surface area contributed by atoms with Crippen LogP contribution in [0.5, 0.6) is 0 Å². The average Bonchev–Trinajstić information content (AvgIpc) is 3.29. The lowest BCUT2D eigenvalue weighted by Crippen LogP contribution is -2.36. The van der Waals surface area contributed by atoms with Crippen molar-refractivity contribution in [3.05, 3.63) is 47.8 Å². The minimum atomic E-state index is -0.0490. The molecular weight excluding hydrogens is 398 g/mol. The molecule has 0 saturated carbocycles. The van der Waals surface area contributed by atoms with Crippen LogP contribution in [0.3, 0.4) is 0 Å². The number of pyridine rings is 2. The number of hydrogen-bond acceptors (Lipinski definition) is 5. The summed E-state index contributed by atoms with van der Waals surface area (Å²) in [5.74, 6) is 1.04. The van der Waals surface area contributed by atoms with Crippen molar-refractivity contribution < 1.29 is 9.59 Å². The second-order valence-electron chi connectivity index (χ2n) is 7.91. The second-order valence-corrected chi connectivity index (χ2v) is 9.18. The highest BCUT2D eigenvalue weighted by atomic mass is 32.2. The van der Waals surface area contributed by atoms with Gasteiger partial charge in [-0.15, -0.1) is 0 Å². The molecule has 3 amide bonds. The normalized spacial score (nSPS) is 22.3. The lowest BCUT2D eigenvalue weighted by atomic mass is 10.0. The summed E-state index contributed by atoms with van der Waals surface area (Å²) in [4.78, 5) is 32.4. The monoisotopic (exact) mass is 425 g/mol. The van der Waals surface area contributed by atoms with Gasteiger partial charge in [0.25, 0.3) is 0 Å². The minimum Gasteiger partial charge on any atom is -0.352 e. The van der Waals surface area contributed by atoms with Crippen molar-refractivity contribution in [3.8, 4) is 11.4 Å². The molecule has 2 aliphatic heterocycles. The Labute approximate surface area is 180 Å². The average molecular weight is 426 g/mol. The molecule has 8 heteroatoms. The van der Waals surface area contributed by atoms with Crippen molar-refractivity contribution >= 4 is 23.7 Å². The lowest BCUT2D eigenvalue weighted by Gasteiger charge is -2.16. The van der Waals surface area contributed by atoms with Crippen molar-refractivity contribution in [1.29, 1.82) is 0 Å². The zero-order chi connectivity index (χ0) is 20.9. The van der Waals surface area contributed by atoms with E-state index >= 15 is 0 Å². The first-order valence-electron chi connectivity index (χ1n) is 10.4. The maximum absolute atomic E-state index is 12.2. The molecule has 3 N–H and O–H groups in total. The van der Waals surface area contributed by atoms with Crippen LogP contribution in [0.1, 0.15) is 36.8 Å². The summed E-state index contributed by atoms with van der Waals surface area (Å²) in [6.45, 7) is 2.51. The number of fused-ring (bicyclic) bond motifs is 1. The van der Waals surface area contributed by atoms with Gasteiger partial charge in [0.2, 0.25) is 5.91 Å². The second kappa shape index (κ2) is 9.47. The van der Waals surface area contributed by atoms with E-state index in [9.17, 15) is 9.59 Å². The molecule has 0 radical (unpaired) electrons. The molecule has 0 unspecified atom stereocenters. The summed E-state index contributed by atoms with van der Waals surface area (Å²) in [5.41, 5.74) is 3.79. The number of hydrogen-bond donors (Lipinski definition) is 3. The summed E-state index contributed by atoms with van der Waals surface area (Å²) >= 11 is 1.91. The summed E-state index contributed by atoms with van der Waals surface area (Å²) in [6.07, 6.45) is 6.93. The van der Waals surface area contributed by atoms with Crippen LogP contribution in [0.2, 0.25) is 0 Å². The number of carbonyl (C=O) groups excluding carboxylic acids is 2. The van der Waals surface area contributed by atoms with Gasteiger partial charge in [-0.1, -0.05) is 6.42 Å². The van der Waals surface area contributed by atoms with Gasteiger partial charge >= 0.3 is 6.03 Å². The van der Waals surface area contributed by atoms with E-state index in [-0.39, 0.29) is 24.0 Å². The van der Waals surface area contributed by atoms with Crippen LogP contribution in [0.4, 0.5) is 4.79 Å². The summed E-state index contributed by atoms with van der Waals surface area (Å²) < 4.78 is 0. The topological polar surface area (TPSA) is 96.0 Å². The van der Waals surface area contributed by atoms with Crippen LogP contribution in [-0.2, 0) is 11.3 Å². The van der Waals surface area contributed by atoms with E-state index in [1.165, 1.54) is 0 Å². The van der Waals surface area contributed by atoms with Crippen LogP contribution in [-0.4, -0.2) is 45.0 Å². The van der Waals surface area contributed by atoms with Gasteiger partial charge in [0.1, 0.15) is 0 Å². The number of nitrogens with zero attached hydrogens (tertiary/aromatic N) is 2. The molecule has 0 spiro atoms. The highest BCUT2D eigenvalue weighted by Crippen LogP contribution is 2.33. The molecule has 2 saturated heterocycles. The molecule has 7 nitrogen and oxygen atoms in total. The Kier molecular flexibility index (Phi) is 6.52. The molecule has 4 rings (SSSR count). The molecule has 4 heterocycles. The maximum Gasteiger partial charge on any atom is 0.315 e. The Hall–Kier alpha value is -2.61. The van der Waals surface area contributed by atoms with Gasteiger partial charge in [0.15, 0.2) is 0 Å². The van der Waals surface area contributed by atoms with Crippen LogP contribution >= 0.6 is 11.8 Å². The third kappa shape index (κ3) is 5.11. The van der Waals surface area contributed by atoms with E-state index < -0.39 is 0 Å². The Morgan fingerprint density at radius 1 is 1.17 bits per heavy atom. The molecule has 2 aliphatic rings. The zero-order valence-corrected chi connectivity index (χ0v) is 17.9. The third-order valence-electron chi connectivity index (χ3n) is 5.57. The van der Waals surface area contributed by atoms with Crippen molar-refractivity contribution in [2.45, 2.75) is 56.5 Å². The molecule has 2 fully saturated rings. The lowest BCUT2D eigenvalue weighted by molar-refractivity contribution is -0.121. The Bertz CT molecular complexity index is 922. The van der Waals surface area contributed by atoms with E-state index in [1.54, 1.807) is 12.4 Å². The quantitative estimate of drug-likeness (QED) is 0.446. The number of urea groups is 1. The standard InChI is InChI=1S/C22H27N5O2S/c1-14-6-8-23-16(10-14)17-11-15(7-9-24-17)12-25-20(28)5-3-2-4-19-21-18(13-30-19)26-22(29)27-21/h6-11,18-19,21H,2-5,12-13H2,1H3,(H,25,28)(H2,26,27,29)/t18-,19-,21-/m0/s1. The van der Waals surface area contributed by atoms with E-state index in [2.05, 4.69) is 25.9 Å². The highest BCUT2D eigenvalue weighted by Gasteiger charge is 2.42. The molecule has 2 aromatic heterocycles. The fourth-order valence-corrected chi connectivity index (χ4v) is 5.51. The SMILES string of the molecule is Cc1ccnc(-c2cc(CNC(=O)CCCC[C@@H]3SC[C@@H]4NC(=O)N[C@@H]43)ccn2)c1. The van der Waals surface area contributed by atoms with Gasteiger partial charge in [-0.2, -0.15) is 11.8 Å². The van der Waals surface area contributed by atoms with Crippen molar-refractivity contribution in [1.82, 2.24) is 25.9 Å². The fourth-order valence-electron chi connectivity index (χ4n) is 3.96. The number of rotatable bonds is 8. The molecule has 0 aromatic carbocycles. The van der Waals surface area contributed by atoms with Gasteiger partial charge < -0.3 is 16.0 Å². The van der Waals surface area contributed by atoms with Gasteiger partial charge in [-0.3, -0.25) is 14.8 Å².